The number of carbonyl (C=O) groups is 1. The molecule has 1 atom stereocenters. The summed E-state index contributed by atoms with van der Waals surface area (Å²) < 4.78 is 0. The molecule has 1 aliphatic rings. The van der Waals surface area contributed by atoms with E-state index < -0.39 is 0 Å². The third-order valence-electron chi connectivity index (χ3n) is 3.40. The van der Waals surface area contributed by atoms with E-state index in [9.17, 15) is 4.79 Å². The minimum Gasteiger partial charge on any atom is -0.387 e. The average Bonchev–Trinajstić information content (AvgIpc) is 2.46. The van der Waals surface area contributed by atoms with Crippen LogP contribution in [-0.2, 0) is 4.79 Å². The Morgan fingerprint density at radius 3 is 2.94 bits per heavy atom. The standard InChI is InChI=1S/C13H20N4O/c1-14-10-7-11(9-16-8-10)17-6-4-3-5-12(17)13(18)15-2/h7-9,12,14H,3-6H2,1-2H3,(H,15,18). The van der Waals surface area contributed by atoms with Crippen molar-refractivity contribution in [3.8, 4) is 0 Å². The van der Waals surface area contributed by atoms with Crippen LogP contribution in [0, 0.1) is 0 Å². The Morgan fingerprint density at radius 2 is 2.22 bits per heavy atom. The predicted octanol–water partition coefficient (Wildman–Crippen LogP) is 1.23. The van der Waals surface area contributed by atoms with E-state index in [1.807, 2.05) is 19.3 Å². The van der Waals surface area contributed by atoms with E-state index in [1.165, 1.54) is 0 Å². The first-order valence-corrected chi connectivity index (χ1v) is 6.37. The van der Waals surface area contributed by atoms with Gasteiger partial charge in [0, 0.05) is 20.6 Å². The highest BCUT2D eigenvalue weighted by molar-refractivity contribution is 5.85. The lowest BCUT2D eigenvalue weighted by molar-refractivity contribution is -0.122. The zero-order valence-electron chi connectivity index (χ0n) is 10.9. The molecule has 0 spiro atoms. The van der Waals surface area contributed by atoms with Gasteiger partial charge < -0.3 is 15.5 Å². The first kappa shape index (κ1) is 12.7. The van der Waals surface area contributed by atoms with Gasteiger partial charge in [-0.05, 0) is 25.3 Å². The number of pyridine rings is 1. The van der Waals surface area contributed by atoms with E-state index in [1.54, 1.807) is 13.2 Å². The lowest BCUT2D eigenvalue weighted by Gasteiger charge is -2.36. The normalized spacial score (nSPS) is 19.4. The van der Waals surface area contributed by atoms with Gasteiger partial charge in [-0.15, -0.1) is 0 Å². The molecule has 18 heavy (non-hydrogen) atoms. The number of likely N-dealkylation sites (N-methyl/N-ethyl adjacent to an activating group) is 1. The van der Waals surface area contributed by atoms with Crippen molar-refractivity contribution < 1.29 is 4.79 Å². The molecule has 1 aromatic rings. The van der Waals surface area contributed by atoms with Crippen molar-refractivity contribution in [3.63, 3.8) is 0 Å². The summed E-state index contributed by atoms with van der Waals surface area (Å²) in [7, 11) is 3.56. The third-order valence-corrected chi connectivity index (χ3v) is 3.40. The second-order valence-electron chi connectivity index (χ2n) is 4.50. The molecule has 1 aromatic heterocycles. The summed E-state index contributed by atoms with van der Waals surface area (Å²) in [5, 5.41) is 5.82. The molecule has 2 N–H and O–H groups in total. The summed E-state index contributed by atoms with van der Waals surface area (Å²) in [6.45, 7) is 0.910. The van der Waals surface area contributed by atoms with E-state index in [4.69, 9.17) is 0 Å². The fourth-order valence-corrected chi connectivity index (χ4v) is 2.40. The van der Waals surface area contributed by atoms with Crippen LogP contribution in [0.25, 0.3) is 0 Å². The Morgan fingerprint density at radius 1 is 1.39 bits per heavy atom. The Bertz CT molecular complexity index is 421. The summed E-state index contributed by atoms with van der Waals surface area (Å²) in [4.78, 5) is 18.3. The molecular weight excluding hydrogens is 228 g/mol. The SMILES string of the molecule is CNC(=O)C1CCCCN1c1cncc(NC)c1. The number of amides is 1. The van der Waals surface area contributed by atoms with Crippen molar-refractivity contribution in [2.75, 3.05) is 30.9 Å². The summed E-state index contributed by atoms with van der Waals surface area (Å²) in [5.74, 6) is 0.0876. The van der Waals surface area contributed by atoms with Gasteiger partial charge in [0.15, 0.2) is 0 Å². The van der Waals surface area contributed by atoms with Crippen LogP contribution in [0.2, 0.25) is 0 Å². The second kappa shape index (κ2) is 5.71. The van der Waals surface area contributed by atoms with Crippen LogP contribution in [0.5, 0.6) is 0 Å². The van der Waals surface area contributed by atoms with Gasteiger partial charge >= 0.3 is 0 Å². The molecule has 98 valence electrons. The van der Waals surface area contributed by atoms with E-state index in [0.29, 0.717) is 0 Å². The van der Waals surface area contributed by atoms with Gasteiger partial charge in [-0.2, -0.15) is 0 Å². The highest BCUT2D eigenvalue weighted by Crippen LogP contribution is 2.26. The molecule has 1 fully saturated rings. The van der Waals surface area contributed by atoms with Crippen LogP contribution < -0.4 is 15.5 Å². The number of aromatic nitrogens is 1. The van der Waals surface area contributed by atoms with E-state index in [-0.39, 0.29) is 11.9 Å². The molecule has 1 amide bonds. The lowest BCUT2D eigenvalue weighted by Crippen LogP contribution is -2.48. The molecular formula is C13H20N4O. The fourth-order valence-electron chi connectivity index (χ4n) is 2.40. The Kier molecular flexibility index (Phi) is 4.02. The number of nitrogens with zero attached hydrogens (tertiary/aromatic N) is 2. The van der Waals surface area contributed by atoms with Crippen molar-refractivity contribution in [2.45, 2.75) is 25.3 Å². The number of hydrogen-bond donors (Lipinski definition) is 2. The van der Waals surface area contributed by atoms with Crippen molar-refractivity contribution in [2.24, 2.45) is 0 Å². The lowest BCUT2D eigenvalue weighted by atomic mass is 10.0. The van der Waals surface area contributed by atoms with Crippen molar-refractivity contribution in [1.29, 1.82) is 0 Å². The Labute approximate surface area is 108 Å². The topological polar surface area (TPSA) is 57.3 Å². The first-order valence-electron chi connectivity index (χ1n) is 6.37. The number of rotatable bonds is 3. The zero-order valence-corrected chi connectivity index (χ0v) is 10.9. The quantitative estimate of drug-likeness (QED) is 0.844. The average molecular weight is 248 g/mol. The van der Waals surface area contributed by atoms with Crippen molar-refractivity contribution >= 4 is 17.3 Å². The molecule has 0 aromatic carbocycles. The van der Waals surface area contributed by atoms with Gasteiger partial charge in [0.25, 0.3) is 0 Å². The third kappa shape index (κ3) is 2.55. The molecule has 0 radical (unpaired) electrons. The van der Waals surface area contributed by atoms with Crippen LogP contribution in [-0.4, -0.2) is 37.6 Å². The molecule has 1 saturated heterocycles. The highest BCUT2D eigenvalue weighted by Gasteiger charge is 2.28. The van der Waals surface area contributed by atoms with Crippen LogP contribution >= 0.6 is 0 Å². The minimum absolute atomic E-state index is 0.0716. The predicted molar refractivity (Wildman–Crippen MR) is 72.8 cm³/mol. The summed E-state index contributed by atoms with van der Waals surface area (Å²) in [6.07, 6.45) is 6.74. The van der Waals surface area contributed by atoms with Crippen LogP contribution in [0.1, 0.15) is 19.3 Å². The molecule has 0 aliphatic carbocycles. The molecule has 2 heterocycles. The van der Waals surface area contributed by atoms with Crippen LogP contribution in [0.3, 0.4) is 0 Å². The van der Waals surface area contributed by atoms with Gasteiger partial charge in [0.05, 0.1) is 23.8 Å². The van der Waals surface area contributed by atoms with Gasteiger partial charge in [0.2, 0.25) is 5.91 Å². The summed E-state index contributed by atoms with van der Waals surface area (Å²) in [6, 6.07) is 1.96. The van der Waals surface area contributed by atoms with E-state index in [0.717, 1.165) is 37.2 Å². The Hall–Kier alpha value is -1.78. The molecule has 1 unspecified atom stereocenters. The number of anilines is 2. The molecule has 5 heteroatoms. The number of hydrogen-bond acceptors (Lipinski definition) is 4. The number of piperidine rings is 1. The van der Waals surface area contributed by atoms with Crippen molar-refractivity contribution in [1.82, 2.24) is 10.3 Å². The van der Waals surface area contributed by atoms with Crippen LogP contribution in [0.4, 0.5) is 11.4 Å². The van der Waals surface area contributed by atoms with E-state index in [2.05, 4.69) is 20.5 Å². The highest BCUT2D eigenvalue weighted by atomic mass is 16.2. The summed E-state index contributed by atoms with van der Waals surface area (Å²) in [5.41, 5.74) is 1.98. The molecule has 2 rings (SSSR count). The van der Waals surface area contributed by atoms with Gasteiger partial charge in [-0.1, -0.05) is 0 Å². The second-order valence-corrected chi connectivity index (χ2v) is 4.50. The molecule has 0 bridgehead atoms. The van der Waals surface area contributed by atoms with Gasteiger partial charge in [-0.25, -0.2) is 0 Å². The zero-order chi connectivity index (χ0) is 13.0. The van der Waals surface area contributed by atoms with E-state index >= 15 is 0 Å². The van der Waals surface area contributed by atoms with Gasteiger partial charge in [0.1, 0.15) is 6.04 Å². The smallest absolute Gasteiger partial charge is 0.242 e. The number of carbonyl (C=O) groups excluding carboxylic acids is 1. The maximum atomic E-state index is 11.9. The molecule has 0 saturated carbocycles. The first-order chi connectivity index (χ1) is 8.76. The minimum atomic E-state index is -0.0716. The largest absolute Gasteiger partial charge is 0.387 e. The van der Waals surface area contributed by atoms with Gasteiger partial charge in [-0.3, -0.25) is 9.78 Å². The molecule has 5 nitrogen and oxygen atoms in total. The van der Waals surface area contributed by atoms with Crippen LogP contribution in [0.15, 0.2) is 18.5 Å². The van der Waals surface area contributed by atoms with Crippen molar-refractivity contribution in [3.05, 3.63) is 18.5 Å². The fraction of sp³-hybridized carbons (Fsp3) is 0.538. The summed E-state index contributed by atoms with van der Waals surface area (Å²) >= 11 is 0. The maximum Gasteiger partial charge on any atom is 0.242 e. The maximum absolute atomic E-state index is 11.9. The Balaban J connectivity index is 2.24. The number of nitrogens with one attached hydrogen (secondary N) is 2. The monoisotopic (exact) mass is 248 g/mol. The molecule has 1 aliphatic heterocycles.